The van der Waals surface area contributed by atoms with E-state index < -0.39 is 5.97 Å². The lowest BCUT2D eigenvalue weighted by Gasteiger charge is -2.36. The maximum absolute atomic E-state index is 10.7. The van der Waals surface area contributed by atoms with Gasteiger partial charge in [0.15, 0.2) is 0 Å². The van der Waals surface area contributed by atoms with Crippen LogP contribution in [0.15, 0.2) is 0 Å². The molecule has 0 amide bonds. The van der Waals surface area contributed by atoms with Crippen molar-refractivity contribution in [3.8, 4) is 0 Å². The first-order valence-corrected chi connectivity index (χ1v) is 5.24. The van der Waals surface area contributed by atoms with Crippen molar-refractivity contribution in [2.24, 2.45) is 5.92 Å². The molecule has 0 aliphatic heterocycles. The van der Waals surface area contributed by atoms with Crippen molar-refractivity contribution in [1.29, 1.82) is 0 Å². The van der Waals surface area contributed by atoms with Gasteiger partial charge in [-0.05, 0) is 26.7 Å². The van der Waals surface area contributed by atoms with Crippen LogP contribution in [0.2, 0.25) is 0 Å². The predicted octanol–water partition coefficient (Wildman–Crippen LogP) is 2.22. The van der Waals surface area contributed by atoms with E-state index in [0.29, 0.717) is 5.92 Å². The number of aliphatic carboxylic acids is 1. The molecule has 3 heteroatoms. The summed E-state index contributed by atoms with van der Waals surface area (Å²) in [6.45, 7) is 11.4. The number of nitrogens with zero attached hydrogens (tertiary/aromatic N) is 1. The zero-order chi connectivity index (χ0) is 11.4. The standard InChI is InChI=1S/C11H23NO2/c1-6-9(2)7-12(8-10(13)14)11(3,4)5/h9H,6-8H2,1-5H3,(H,13,14). The van der Waals surface area contributed by atoms with E-state index in [-0.39, 0.29) is 12.1 Å². The van der Waals surface area contributed by atoms with E-state index in [1.807, 2.05) is 4.90 Å². The molecule has 0 aromatic carbocycles. The number of carboxylic acid groups (broad SMARTS) is 1. The second-order valence-electron chi connectivity index (χ2n) is 4.96. The van der Waals surface area contributed by atoms with Gasteiger partial charge in [0.1, 0.15) is 0 Å². The van der Waals surface area contributed by atoms with E-state index >= 15 is 0 Å². The fourth-order valence-electron chi connectivity index (χ4n) is 1.24. The van der Waals surface area contributed by atoms with Crippen LogP contribution in [0.3, 0.4) is 0 Å². The van der Waals surface area contributed by atoms with E-state index in [1.54, 1.807) is 0 Å². The van der Waals surface area contributed by atoms with Crippen molar-refractivity contribution in [3.05, 3.63) is 0 Å². The van der Waals surface area contributed by atoms with Gasteiger partial charge < -0.3 is 5.11 Å². The van der Waals surface area contributed by atoms with Crippen LogP contribution < -0.4 is 0 Å². The van der Waals surface area contributed by atoms with Crippen LogP contribution in [-0.2, 0) is 4.79 Å². The Morgan fingerprint density at radius 2 is 1.93 bits per heavy atom. The van der Waals surface area contributed by atoms with Crippen LogP contribution >= 0.6 is 0 Å². The van der Waals surface area contributed by atoms with E-state index in [1.165, 1.54) is 0 Å². The van der Waals surface area contributed by atoms with Crippen LogP contribution in [-0.4, -0.2) is 34.6 Å². The summed E-state index contributed by atoms with van der Waals surface area (Å²) >= 11 is 0. The van der Waals surface area contributed by atoms with Gasteiger partial charge >= 0.3 is 5.97 Å². The fraction of sp³-hybridized carbons (Fsp3) is 0.909. The molecule has 0 bridgehead atoms. The Hall–Kier alpha value is -0.570. The van der Waals surface area contributed by atoms with Gasteiger partial charge in [0.05, 0.1) is 6.54 Å². The Morgan fingerprint density at radius 3 is 2.21 bits per heavy atom. The second kappa shape index (κ2) is 5.35. The molecule has 14 heavy (non-hydrogen) atoms. The van der Waals surface area contributed by atoms with Gasteiger partial charge in [-0.1, -0.05) is 20.3 Å². The molecule has 0 aromatic rings. The third kappa shape index (κ3) is 5.22. The van der Waals surface area contributed by atoms with Gasteiger partial charge in [0.25, 0.3) is 0 Å². The molecule has 3 nitrogen and oxygen atoms in total. The minimum Gasteiger partial charge on any atom is -0.480 e. The van der Waals surface area contributed by atoms with Gasteiger partial charge in [-0.2, -0.15) is 0 Å². The quantitative estimate of drug-likeness (QED) is 0.741. The zero-order valence-electron chi connectivity index (χ0n) is 10.0. The maximum atomic E-state index is 10.7. The average Bonchev–Trinajstić information content (AvgIpc) is 2.00. The first-order chi connectivity index (χ1) is 6.27. The Morgan fingerprint density at radius 1 is 1.43 bits per heavy atom. The van der Waals surface area contributed by atoms with Gasteiger partial charge in [-0.3, -0.25) is 9.69 Å². The summed E-state index contributed by atoms with van der Waals surface area (Å²) in [5, 5.41) is 8.79. The normalized spacial score (nSPS) is 14.4. The molecule has 0 fully saturated rings. The Bertz CT molecular complexity index is 184. The number of rotatable bonds is 5. The molecule has 1 atom stereocenters. The highest BCUT2D eigenvalue weighted by molar-refractivity contribution is 5.69. The first-order valence-electron chi connectivity index (χ1n) is 5.24. The largest absolute Gasteiger partial charge is 0.480 e. The third-order valence-corrected chi connectivity index (χ3v) is 2.50. The van der Waals surface area contributed by atoms with E-state index in [9.17, 15) is 4.79 Å². The first kappa shape index (κ1) is 13.4. The Labute approximate surface area is 87.1 Å². The molecule has 0 aromatic heterocycles. The third-order valence-electron chi connectivity index (χ3n) is 2.50. The number of carbonyl (C=O) groups is 1. The van der Waals surface area contributed by atoms with Crippen LogP contribution in [0.25, 0.3) is 0 Å². The lowest BCUT2D eigenvalue weighted by atomic mass is 10.0. The molecule has 0 aliphatic carbocycles. The van der Waals surface area contributed by atoms with Crippen molar-refractivity contribution in [1.82, 2.24) is 4.90 Å². The SMILES string of the molecule is CCC(C)CN(CC(=O)O)C(C)(C)C. The molecule has 0 spiro atoms. The highest BCUT2D eigenvalue weighted by atomic mass is 16.4. The molecule has 0 radical (unpaired) electrons. The van der Waals surface area contributed by atoms with Crippen LogP contribution in [0, 0.1) is 5.92 Å². The van der Waals surface area contributed by atoms with Gasteiger partial charge in [-0.25, -0.2) is 0 Å². The van der Waals surface area contributed by atoms with Gasteiger partial charge in [-0.15, -0.1) is 0 Å². The van der Waals surface area contributed by atoms with Gasteiger partial charge in [0.2, 0.25) is 0 Å². The van der Waals surface area contributed by atoms with Crippen LogP contribution in [0.1, 0.15) is 41.0 Å². The average molecular weight is 201 g/mol. The number of hydrogen-bond donors (Lipinski definition) is 1. The topological polar surface area (TPSA) is 40.5 Å². The Balaban J connectivity index is 4.33. The van der Waals surface area contributed by atoms with Crippen molar-refractivity contribution >= 4 is 5.97 Å². The lowest BCUT2D eigenvalue weighted by Crippen LogP contribution is -2.46. The fourth-order valence-corrected chi connectivity index (χ4v) is 1.24. The minimum atomic E-state index is -0.747. The summed E-state index contributed by atoms with van der Waals surface area (Å²) in [4.78, 5) is 12.7. The van der Waals surface area contributed by atoms with Crippen molar-refractivity contribution in [2.45, 2.75) is 46.6 Å². The molecule has 0 heterocycles. The van der Waals surface area contributed by atoms with E-state index in [0.717, 1.165) is 13.0 Å². The Kier molecular flexibility index (Phi) is 5.13. The molecule has 0 rings (SSSR count). The monoisotopic (exact) mass is 201 g/mol. The summed E-state index contributed by atoms with van der Waals surface area (Å²) in [7, 11) is 0. The molecule has 1 unspecified atom stereocenters. The highest BCUT2D eigenvalue weighted by Gasteiger charge is 2.24. The zero-order valence-corrected chi connectivity index (χ0v) is 10.0. The molecule has 1 N–H and O–H groups in total. The smallest absolute Gasteiger partial charge is 0.317 e. The van der Waals surface area contributed by atoms with E-state index in [2.05, 4.69) is 34.6 Å². The lowest BCUT2D eigenvalue weighted by molar-refractivity contribution is -0.139. The number of hydrogen-bond acceptors (Lipinski definition) is 2. The summed E-state index contributed by atoms with van der Waals surface area (Å²) in [6.07, 6.45) is 1.09. The van der Waals surface area contributed by atoms with E-state index in [4.69, 9.17) is 5.11 Å². The maximum Gasteiger partial charge on any atom is 0.317 e. The van der Waals surface area contributed by atoms with Crippen LogP contribution in [0.4, 0.5) is 0 Å². The molecular formula is C11H23NO2. The molecule has 0 saturated heterocycles. The van der Waals surface area contributed by atoms with Crippen molar-refractivity contribution < 1.29 is 9.90 Å². The minimum absolute atomic E-state index is 0.0676. The van der Waals surface area contributed by atoms with Gasteiger partial charge in [0, 0.05) is 12.1 Å². The molecule has 0 aliphatic rings. The molecular weight excluding hydrogens is 178 g/mol. The van der Waals surface area contributed by atoms with Crippen molar-refractivity contribution in [2.75, 3.05) is 13.1 Å². The number of carboxylic acids is 1. The summed E-state index contributed by atoms with van der Waals surface area (Å²) in [5.41, 5.74) is -0.0676. The molecule has 0 saturated carbocycles. The van der Waals surface area contributed by atoms with Crippen molar-refractivity contribution in [3.63, 3.8) is 0 Å². The summed E-state index contributed by atoms with van der Waals surface area (Å²) in [6, 6.07) is 0. The highest BCUT2D eigenvalue weighted by Crippen LogP contribution is 2.16. The molecule has 84 valence electrons. The second-order valence-corrected chi connectivity index (χ2v) is 4.96. The summed E-state index contributed by atoms with van der Waals surface area (Å²) in [5.74, 6) is -0.197. The predicted molar refractivity (Wildman–Crippen MR) is 58.4 cm³/mol. The van der Waals surface area contributed by atoms with Crippen LogP contribution in [0.5, 0.6) is 0 Å². The summed E-state index contributed by atoms with van der Waals surface area (Å²) < 4.78 is 0.